The van der Waals surface area contributed by atoms with Gasteiger partial charge in [-0.1, -0.05) is 30.3 Å². The number of hydrogen-bond donors (Lipinski definition) is 2. The maximum Gasteiger partial charge on any atom is 0.321 e. The number of likely N-dealkylation sites (tertiary alicyclic amines) is 1. The number of rotatable bonds is 4. The van der Waals surface area contributed by atoms with E-state index < -0.39 is 5.91 Å². The Balaban J connectivity index is 1.42. The minimum Gasteiger partial charge on any atom is -0.430 e. The molecule has 7 nitrogen and oxygen atoms in total. The van der Waals surface area contributed by atoms with Gasteiger partial charge in [0, 0.05) is 19.3 Å². The second-order valence-corrected chi connectivity index (χ2v) is 7.08. The highest BCUT2D eigenvalue weighted by Gasteiger charge is 2.26. The van der Waals surface area contributed by atoms with E-state index in [1.807, 2.05) is 6.07 Å². The van der Waals surface area contributed by atoms with E-state index in [1.54, 1.807) is 23.2 Å². The number of piperidine rings is 1. The molecule has 2 aromatic heterocycles. The molecule has 1 aliphatic heterocycles. The van der Waals surface area contributed by atoms with Crippen molar-refractivity contribution in [2.75, 3.05) is 18.4 Å². The van der Waals surface area contributed by atoms with Gasteiger partial charge in [0.05, 0.1) is 5.39 Å². The molecule has 0 radical (unpaired) electrons. The van der Waals surface area contributed by atoms with E-state index in [0.717, 1.165) is 19.3 Å². The Kier molecular flexibility index (Phi) is 4.97. The fraction of sp³-hybridized carbons (Fsp3) is 0.286. The SMILES string of the molecule is NC(=O)c1oc2ncccc2c1NC(=O)N1CCC(Cc2ccccc2)CC1. The van der Waals surface area contributed by atoms with Crippen LogP contribution in [0, 0.1) is 5.92 Å². The van der Waals surface area contributed by atoms with Crippen LogP contribution in [0.3, 0.4) is 0 Å². The molecule has 0 aliphatic carbocycles. The highest BCUT2D eigenvalue weighted by Crippen LogP contribution is 2.30. The number of fused-ring (bicyclic) bond motifs is 1. The standard InChI is InChI=1S/C21H22N4O3/c22-19(26)18-17(16-7-4-10-23-20(16)28-18)24-21(27)25-11-8-15(9-12-25)13-14-5-2-1-3-6-14/h1-7,10,15H,8-9,11-13H2,(H2,22,26)(H,24,27). The largest absolute Gasteiger partial charge is 0.430 e. The monoisotopic (exact) mass is 378 g/mol. The topological polar surface area (TPSA) is 101 Å². The number of anilines is 1. The Hall–Kier alpha value is -3.35. The predicted octanol–water partition coefficient (Wildman–Crippen LogP) is 3.41. The molecule has 0 bridgehead atoms. The smallest absolute Gasteiger partial charge is 0.321 e. The number of benzene rings is 1. The molecular formula is C21H22N4O3. The zero-order valence-electron chi connectivity index (χ0n) is 15.4. The Morgan fingerprint density at radius 1 is 1.14 bits per heavy atom. The Labute approximate surface area is 162 Å². The molecule has 0 unspecified atom stereocenters. The lowest BCUT2D eigenvalue weighted by Gasteiger charge is -2.32. The van der Waals surface area contributed by atoms with Gasteiger partial charge in [0.1, 0.15) is 5.69 Å². The van der Waals surface area contributed by atoms with E-state index in [0.29, 0.717) is 24.4 Å². The van der Waals surface area contributed by atoms with Gasteiger partial charge in [-0.15, -0.1) is 0 Å². The van der Waals surface area contributed by atoms with Crippen LogP contribution in [0.25, 0.3) is 11.1 Å². The van der Waals surface area contributed by atoms with Gasteiger partial charge in [0.15, 0.2) is 0 Å². The summed E-state index contributed by atoms with van der Waals surface area (Å²) in [6.07, 6.45) is 4.47. The molecule has 28 heavy (non-hydrogen) atoms. The van der Waals surface area contributed by atoms with Gasteiger partial charge in [-0.05, 0) is 42.9 Å². The maximum atomic E-state index is 12.7. The number of aromatic nitrogens is 1. The molecule has 0 spiro atoms. The molecule has 7 heteroatoms. The summed E-state index contributed by atoms with van der Waals surface area (Å²) in [5.41, 5.74) is 7.28. The summed E-state index contributed by atoms with van der Waals surface area (Å²) >= 11 is 0. The van der Waals surface area contributed by atoms with Gasteiger partial charge in [0.2, 0.25) is 11.5 Å². The first-order valence-electron chi connectivity index (χ1n) is 9.39. The van der Waals surface area contributed by atoms with Crippen LogP contribution in [0.4, 0.5) is 10.5 Å². The Morgan fingerprint density at radius 2 is 1.89 bits per heavy atom. The van der Waals surface area contributed by atoms with E-state index >= 15 is 0 Å². The molecule has 3 amide bonds. The summed E-state index contributed by atoms with van der Waals surface area (Å²) in [4.78, 5) is 30.3. The maximum absolute atomic E-state index is 12.7. The summed E-state index contributed by atoms with van der Waals surface area (Å²) in [7, 11) is 0. The van der Waals surface area contributed by atoms with Crippen LogP contribution in [0.2, 0.25) is 0 Å². The van der Waals surface area contributed by atoms with Crippen LogP contribution < -0.4 is 11.1 Å². The number of urea groups is 1. The number of nitrogens with one attached hydrogen (secondary N) is 1. The molecule has 3 aromatic rings. The Bertz CT molecular complexity index is 991. The first-order chi connectivity index (χ1) is 13.6. The van der Waals surface area contributed by atoms with Crippen molar-refractivity contribution < 1.29 is 14.0 Å². The third-order valence-electron chi connectivity index (χ3n) is 5.19. The molecule has 1 aromatic carbocycles. The summed E-state index contributed by atoms with van der Waals surface area (Å²) in [5, 5.41) is 3.36. The van der Waals surface area contributed by atoms with Crippen LogP contribution in [0.1, 0.15) is 29.0 Å². The Morgan fingerprint density at radius 3 is 2.61 bits per heavy atom. The average molecular weight is 378 g/mol. The minimum atomic E-state index is -0.741. The zero-order chi connectivity index (χ0) is 19.5. The van der Waals surface area contributed by atoms with E-state index in [1.165, 1.54) is 5.56 Å². The second-order valence-electron chi connectivity index (χ2n) is 7.08. The molecule has 0 atom stereocenters. The van der Waals surface area contributed by atoms with E-state index in [-0.39, 0.29) is 23.2 Å². The average Bonchev–Trinajstić information content (AvgIpc) is 3.08. The number of primary amides is 1. The van der Waals surface area contributed by atoms with Crippen LogP contribution >= 0.6 is 0 Å². The molecule has 1 fully saturated rings. The summed E-state index contributed by atoms with van der Waals surface area (Å²) in [6, 6.07) is 13.6. The number of hydrogen-bond acceptors (Lipinski definition) is 4. The van der Waals surface area contributed by atoms with Crippen molar-refractivity contribution in [2.24, 2.45) is 11.7 Å². The fourth-order valence-electron chi connectivity index (χ4n) is 3.70. The summed E-state index contributed by atoms with van der Waals surface area (Å²) < 4.78 is 5.41. The summed E-state index contributed by atoms with van der Waals surface area (Å²) in [6.45, 7) is 1.34. The number of carbonyl (C=O) groups is 2. The van der Waals surface area contributed by atoms with Crippen molar-refractivity contribution in [3.63, 3.8) is 0 Å². The molecule has 144 valence electrons. The van der Waals surface area contributed by atoms with Gasteiger partial charge >= 0.3 is 6.03 Å². The van der Waals surface area contributed by atoms with Crippen molar-refractivity contribution in [3.8, 4) is 0 Å². The number of carbonyl (C=O) groups excluding carboxylic acids is 2. The molecule has 1 saturated heterocycles. The lowest BCUT2D eigenvalue weighted by atomic mass is 9.90. The number of furan rings is 1. The lowest BCUT2D eigenvalue weighted by Crippen LogP contribution is -2.41. The van der Waals surface area contributed by atoms with Crippen LogP contribution in [0.15, 0.2) is 53.1 Å². The van der Waals surface area contributed by atoms with Crippen molar-refractivity contribution in [1.29, 1.82) is 0 Å². The molecular weight excluding hydrogens is 356 g/mol. The van der Waals surface area contributed by atoms with Crippen LogP contribution in [-0.2, 0) is 6.42 Å². The number of nitrogens with two attached hydrogens (primary N) is 1. The molecule has 3 N–H and O–H groups in total. The second kappa shape index (κ2) is 7.72. The van der Waals surface area contributed by atoms with Crippen molar-refractivity contribution in [3.05, 3.63) is 60.0 Å². The zero-order valence-corrected chi connectivity index (χ0v) is 15.4. The molecule has 4 rings (SSSR count). The van der Waals surface area contributed by atoms with Gasteiger partial charge in [-0.3, -0.25) is 4.79 Å². The molecule has 1 aliphatic rings. The van der Waals surface area contributed by atoms with Gasteiger partial charge < -0.3 is 20.4 Å². The molecule has 3 heterocycles. The normalized spacial score (nSPS) is 14.9. The van der Waals surface area contributed by atoms with Crippen molar-refractivity contribution in [1.82, 2.24) is 9.88 Å². The van der Waals surface area contributed by atoms with E-state index in [2.05, 4.69) is 34.6 Å². The van der Waals surface area contributed by atoms with Gasteiger partial charge in [-0.2, -0.15) is 0 Å². The number of amides is 3. The third-order valence-corrected chi connectivity index (χ3v) is 5.19. The number of pyridine rings is 1. The molecule has 0 saturated carbocycles. The highest BCUT2D eigenvalue weighted by atomic mass is 16.4. The highest BCUT2D eigenvalue weighted by molar-refractivity contribution is 6.09. The summed E-state index contributed by atoms with van der Waals surface area (Å²) in [5.74, 6) is -0.262. The first kappa shape index (κ1) is 18.0. The van der Waals surface area contributed by atoms with Gasteiger partial charge in [0.25, 0.3) is 5.91 Å². The van der Waals surface area contributed by atoms with E-state index in [9.17, 15) is 9.59 Å². The first-order valence-corrected chi connectivity index (χ1v) is 9.39. The lowest BCUT2D eigenvalue weighted by molar-refractivity contribution is 0.0977. The predicted molar refractivity (Wildman–Crippen MR) is 106 cm³/mol. The van der Waals surface area contributed by atoms with Gasteiger partial charge in [-0.25, -0.2) is 9.78 Å². The van der Waals surface area contributed by atoms with E-state index in [4.69, 9.17) is 10.2 Å². The van der Waals surface area contributed by atoms with Crippen molar-refractivity contribution in [2.45, 2.75) is 19.3 Å². The van der Waals surface area contributed by atoms with Crippen molar-refractivity contribution >= 4 is 28.7 Å². The quantitative estimate of drug-likeness (QED) is 0.726. The van der Waals surface area contributed by atoms with Crippen LogP contribution in [-0.4, -0.2) is 34.9 Å². The minimum absolute atomic E-state index is 0.0824. The fourth-order valence-corrected chi connectivity index (χ4v) is 3.70. The third kappa shape index (κ3) is 3.69. The number of nitrogens with zero attached hydrogens (tertiary/aromatic N) is 2. The van der Waals surface area contributed by atoms with Crippen LogP contribution in [0.5, 0.6) is 0 Å².